The molecule has 1 aromatic carbocycles. The molecule has 0 atom stereocenters. The molecule has 0 unspecified atom stereocenters. The van der Waals surface area contributed by atoms with Gasteiger partial charge in [-0.2, -0.15) is 4.40 Å². The van der Waals surface area contributed by atoms with Gasteiger partial charge in [-0.3, -0.25) is 0 Å². The Morgan fingerprint density at radius 1 is 1.00 bits per heavy atom. The van der Waals surface area contributed by atoms with Crippen molar-refractivity contribution in [2.75, 3.05) is 19.0 Å². The number of nitrogens with zero attached hydrogens (tertiary/aromatic N) is 2. The summed E-state index contributed by atoms with van der Waals surface area (Å²) in [5, 5.41) is 1.59. The third-order valence-corrected chi connectivity index (χ3v) is 7.03. The van der Waals surface area contributed by atoms with Gasteiger partial charge in [-0.1, -0.05) is 43.9 Å². The Balaban J connectivity index is 2.13. The summed E-state index contributed by atoms with van der Waals surface area (Å²) in [4.78, 5) is 2.19. The number of hydrogen-bond acceptors (Lipinski definition) is 1. The van der Waals surface area contributed by atoms with E-state index in [1.54, 1.807) is 5.19 Å². The first kappa shape index (κ1) is 15.4. The number of benzene rings is 1. The van der Waals surface area contributed by atoms with Crippen LogP contribution in [0.5, 0.6) is 0 Å². The van der Waals surface area contributed by atoms with Gasteiger partial charge in [-0.25, -0.2) is 0 Å². The highest BCUT2D eigenvalue weighted by molar-refractivity contribution is 6.91. The fraction of sp³-hybridized carbons (Fsp3) is 0.286. The number of aromatic nitrogens is 1. The van der Waals surface area contributed by atoms with Crippen molar-refractivity contribution in [3.63, 3.8) is 0 Å². The van der Waals surface area contributed by atoms with Crippen molar-refractivity contribution in [3.8, 4) is 11.1 Å². The van der Waals surface area contributed by atoms with Crippen molar-refractivity contribution in [1.29, 1.82) is 0 Å². The summed E-state index contributed by atoms with van der Waals surface area (Å²) >= 11 is 0. The molecule has 1 aliphatic carbocycles. The molecule has 0 amide bonds. The molecule has 0 saturated heterocycles. The summed E-state index contributed by atoms with van der Waals surface area (Å²) < 4.78 is 2.34. The fourth-order valence-corrected chi connectivity index (χ4v) is 5.95. The second kappa shape index (κ2) is 5.18. The minimum absolute atomic E-state index is 1.06. The summed E-state index contributed by atoms with van der Waals surface area (Å²) in [6.45, 7) is 7.39. The van der Waals surface area contributed by atoms with Crippen LogP contribution in [0.4, 0.5) is 5.69 Å². The number of rotatable bonds is 2. The molecule has 0 bridgehead atoms. The maximum absolute atomic E-state index is 2.46. The molecule has 24 heavy (non-hydrogen) atoms. The molecular weight excluding hydrogens is 308 g/mol. The number of pyridine rings is 2. The van der Waals surface area contributed by atoms with E-state index < -0.39 is 8.07 Å². The van der Waals surface area contributed by atoms with E-state index in [9.17, 15) is 0 Å². The average molecular weight is 334 g/mol. The average Bonchev–Trinajstić information content (AvgIpc) is 2.88. The predicted molar refractivity (Wildman–Crippen MR) is 105 cm³/mol. The molecule has 2 nitrogen and oxygen atoms in total. The maximum Gasteiger partial charge on any atom is 0.212 e. The van der Waals surface area contributed by atoms with Crippen LogP contribution < -0.4 is 14.5 Å². The van der Waals surface area contributed by atoms with Gasteiger partial charge in [0.1, 0.15) is 0 Å². The van der Waals surface area contributed by atoms with Crippen LogP contribution in [0, 0.1) is 0 Å². The van der Waals surface area contributed by atoms with Crippen molar-refractivity contribution in [3.05, 3.63) is 59.9 Å². The summed E-state index contributed by atoms with van der Waals surface area (Å²) in [7, 11) is 2.71. The van der Waals surface area contributed by atoms with Gasteiger partial charge in [-0.05, 0) is 16.7 Å². The molecule has 0 fully saturated rings. The largest absolute Gasteiger partial charge is 0.377 e. The van der Waals surface area contributed by atoms with Crippen molar-refractivity contribution >= 4 is 24.5 Å². The first-order valence-electron chi connectivity index (χ1n) is 8.63. The van der Waals surface area contributed by atoms with Crippen LogP contribution >= 0.6 is 0 Å². The van der Waals surface area contributed by atoms with E-state index in [0.29, 0.717) is 0 Å². The van der Waals surface area contributed by atoms with Crippen LogP contribution in [-0.4, -0.2) is 22.2 Å². The Kier molecular flexibility index (Phi) is 3.32. The second-order valence-corrected chi connectivity index (χ2v) is 13.1. The Bertz CT molecular complexity index is 952. The monoisotopic (exact) mass is 333 g/mol. The van der Waals surface area contributed by atoms with Gasteiger partial charge in [0.15, 0.2) is 12.4 Å². The van der Waals surface area contributed by atoms with Crippen molar-refractivity contribution in [2.45, 2.75) is 26.1 Å². The lowest BCUT2D eigenvalue weighted by Gasteiger charge is -2.21. The Hall–Kier alpha value is -2.13. The van der Waals surface area contributed by atoms with Crippen LogP contribution in [0.3, 0.4) is 0 Å². The standard InChI is InChI=1S/C21H25N2Si/c1-22(2)17-10-11-23-14-16-12-15-8-6-7-9-18(15)20(16)21(19(23)13-17)24(3,4)5/h6-11,13-14H,12H2,1-5H3/q+1. The lowest BCUT2D eigenvalue weighted by molar-refractivity contribution is -0.511. The quantitative estimate of drug-likeness (QED) is 0.402. The topological polar surface area (TPSA) is 7.34 Å². The molecule has 3 aromatic rings. The molecule has 1 aliphatic rings. The van der Waals surface area contributed by atoms with Crippen LogP contribution in [0.2, 0.25) is 19.6 Å². The highest BCUT2D eigenvalue weighted by Gasteiger charge is 2.33. The minimum atomic E-state index is -1.52. The van der Waals surface area contributed by atoms with Gasteiger partial charge in [0.05, 0.1) is 8.07 Å². The van der Waals surface area contributed by atoms with Crippen LogP contribution in [-0.2, 0) is 6.42 Å². The van der Waals surface area contributed by atoms with Crippen molar-refractivity contribution in [2.24, 2.45) is 0 Å². The number of anilines is 1. The molecule has 0 aliphatic heterocycles. The van der Waals surface area contributed by atoms with Crippen LogP contribution in [0.15, 0.2) is 48.8 Å². The van der Waals surface area contributed by atoms with E-state index in [1.807, 2.05) is 0 Å². The van der Waals surface area contributed by atoms with Gasteiger partial charge in [0, 0.05) is 49.1 Å². The highest BCUT2D eigenvalue weighted by atomic mass is 28.3. The first-order chi connectivity index (χ1) is 11.4. The summed E-state index contributed by atoms with van der Waals surface area (Å²) in [6, 6.07) is 13.5. The first-order valence-corrected chi connectivity index (χ1v) is 12.1. The molecule has 0 radical (unpaired) electrons. The smallest absolute Gasteiger partial charge is 0.212 e. The van der Waals surface area contributed by atoms with Gasteiger partial charge < -0.3 is 4.90 Å². The van der Waals surface area contributed by atoms with Gasteiger partial charge in [0.25, 0.3) is 0 Å². The Morgan fingerprint density at radius 2 is 1.75 bits per heavy atom. The molecule has 0 saturated carbocycles. The summed E-state index contributed by atoms with van der Waals surface area (Å²) in [5.74, 6) is 0. The molecule has 0 N–H and O–H groups in total. The summed E-state index contributed by atoms with van der Waals surface area (Å²) in [6.07, 6.45) is 5.62. The molecule has 0 spiro atoms. The Labute approximate surface area is 145 Å². The zero-order chi connectivity index (χ0) is 17.1. The lowest BCUT2D eigenvalue weighted by atomic mass is 10.1. The molecule has 2 heterocycles. The highest BCUT2D eigenvalue weighted by Crippen LogP contribution is 2.36. The summed E-state index contributed by atoms with van der Waals surface area (Å²) in [5.41, 5.74) is 8.54. The third-order valence-electron chi connectivity index (χ3n) is 5.02. The van der Waals surface area contributed by atoms with Gasteiger partial charge >= 0.3 is 0 Å². The van der Waals surface area contributed by atoms with E-state index in [2.05, 4.69) is 91.8 Å². The van der Waals surface area contributed by atoms with Crippen LogP contribution in [0.25, 0.3) is 16.6 Å². The van der Waals surface area contributed by atoms with E-state index in [1.165, 1.54) is 33.5 Å². The number of fused-ring (bicyclic) bond motifs is 4. The normalized spacial score (nSPS) is 13.0. The lowest BCUT2D eigenvalue weighted by Crippen LogP contribution is -2.45. The van der Waals surface area contributed by atoms with E-state index in [-0.39, 0.29) is 0 Å². The maximum atomic E-state index is 2.46. The Morgan fingerprint density at radius 3 is 2.46 bits per heavy atom. The minimum Gasteiger partial charge on any atom is -0.377 e. The van der Waals surface area contributed by atoms with Crippen molar-refractivity contribution in [1.82, 2.24) is 0 Å². The van der Waals surface area contributed by atoms with E-state index >= 15 is 0 Å². The zero-order valence-corrected chi connectivity index (χ0v) is 16.2. The van der Waals surface area contributed by atoms with E-state index in [0.717, 1.165) is 6.42 Å². The second-order valence-electron chi connectivity index (χ2n) is 8.06. The number of hydrogen-bond donors (Lipinski definition) is 0. The van der Waals surface area contributed by atoms with E-state index in [4.69, 9.17) is 0 Å². The van der Waals surface area contributed by atoms with Gasteiger partial charge in [0.2, 0.25) is 5.52 Å². The molecule has 3 heteroatoms. The van der Waals surface area contributed by atoms with Gasteiger partial charge in [-0.15, -0.1) is 0 Å². The van der Waals surface area contributed by atoms with Crippen LogP contribution in [0.1, 0.15) is 11.1 Å². The molecular formula is C21H25N2Si+. The van der Waals surface area contributed by atoms with Crippen molar-refractivity contribution < 1.29 is 4.40 Å². The molecule has 2 aromatic heterocycles. The predicted octanol–water partition coefficient (Wildman–Crippen LogP) is 3.61. The fourth-order valence-electron chi connectivity index (χ4n) is 3.94. The third kappa shape index (κ3) is 2.27. The molecule has 4 rings (SSSR count). The zero-order valence-electron chi connectivity index (χ0n) is 15.2. The molecule has 122 valence electrons. The SMILES string of the molecule is CN(C)c1cc[n+]2cc3c(c([Si](C)(C)C)c2c1)-c1ccccc1C3.